The fourth-order valence-corrected chi connectivity index (χ4v) is 2.45. The molecule has 0 bridgehead atoms. The van der Waals surface area contributed by atoms with Crippen molar-refractivity contribution in [3.8, 4) is 0 Å². The number of rotatable bonds is 3. The minimum absolute atomic E-state index is 0.0968. The first-order chi connectivity index (χ1) is 6.35. The Morgan fingerprint density at radius 2 is 2.31 bits per heavy atom. The van der Waals surface area contributed by atoms with Crippen LogP contribution in [0.25, 0.3) is 0 Å². The standard InChI is InChI=1S/C8H14N4S/c9-5-8(3-1-2-4-8)11-7-12-10-6-13-7/h6H,1-5,9H2,(H,11,12). The number of nitrogens with zero attached hydrogens (tertiary/aromatic N) is 2. The normalized spacial score (nSPS) is 20.4. The maximum Gasteiger partial charge on any atom is 0.205 e. The molecular formula is C8H14N4S. The van der Waals surface area contributed by atoms with Crippen LogP contribution < -0.4 is 11.1 Å². The summed E-state index contributed by atoms with van der Waals surface area (Å²) in [5, 5.41) is 12.1. The summed E-state index contributed by atoms with van der Waals surface area (Å²) in [4.78, 5) is 0. The van der Waals surface area contributed by atoms with E-state index in [1.165, 1.54) is 24.2 Å². The SMILES string of the molecule is NCC1(Nc2nncs2)CCCC1. The second-order valence-corrected chi connectivity index (χ2v) is 4.39. The number of anilines is 1. The molecule has 5 heteroatoms. The quantitative estimate of drug-likeness (QED) is 0.766. The lowest BCUT2D eigenvalue weighted by molar-refractivity contribution is 0.492. The summed E-state index contributed by atoms with van der Waals surface area (Å²) in [6, 6.07) is 0. The molecule has 0 atom stereocenters. The van der Waals surface area contributed by atoms with E-state index in [0.717, 1.165) is 18.0 Å². The number of hydrogen-bond donors (Lipinski definition) is 2. The second kappa shape index (κ2) is 3.59. The predicted molar refractivity (Wildman–Crippen MR) is 53.8 cm³/mol. The molecule has 13 heavy (non-hydrogen) atoms. The van der Waals surface area contributed by atoms with Gasteiger partial charge in [-0.05, 0) is 12.8 Å². The smallest absolute Gasteiger partial charge is 0.205 e. The molecule has 4 nitrogen and oxygen atoms in total. The summed E-state index contributed by atoms with van der Waals surface area (Å²) >= 11 is 1.53. The van der Waals surface area contributed by atoms with Gasteiger partial charge in [0.15, 0.2) is 0 Å². The average molecular weight is 198 g/mol. The van der Waals surface area contributed by atoms with Crippen LogP contribution in [0.5, 0.6) is 0 Å². The highest BCUT2D eigenvalue weighted by molar-refractivity contribution is 7.13. The lowest BCUT2D eigenvalue weighted by Gasteiger charge is -2.27. The molecule has 1 aliphatic carbocycles. The number of hydrogen-bond acceptors (Lipinski definition) is 5. The second-order valence-electron chi connectivity index (χ2n) is 3.56. The summed E-state index contributed by atoms with van der Waals surface area (Å²) in [5.74, 6) is 0. The van der Waals surface area contributed by atoms with Gasteiger partial charge in [-0.15, -0.1) is 10.2 Å². The third kappa shape index (κ3) is 1.81. The van der Waals surface area contributed by atoms with Crippen LogP contribution in [-0.4, -0.2) is 22.3 Å². The molecule has 0 saturated heterocycles. The van der Waals surface area contributed by atoms with Crippen LogP contribution in [0, 0.1) is 0 Å². The highest BCUT2D eigenvalue weighted by atomic mass is 32.1. The Morgan fingerprint density at radius 3 is 2.85 bits per heavy atom. The molecule has 0 radical (unpaired) electrons. The first kappa shape index (κ1) is 8.90. The van der Waals surface area contributed by atoms with Gasteiger partial charge in [0.05, 0.1) is 5.54 Å². The van der Waals surface area contributed by atoms with E-state index in [9.17, 15) is 0 Å². The summed E-state index contributed by atoms with van der Waals surface area (Å²) in [7, 11) is 0. The van der Waals surface area contributed by atoms with Crippen molar-refractivity contribution in [2.45, 2.75) is 31.2 Å². The Hall–Kier alpha value is -0.680. The van der Waals surface area contributed by atoms with Gasteiger partial charge >= 0.3 is 0 Å². The van der Waals surface area contributed by atoms with E-state index in [1.807, 2.05) is 0 Å². The van der Waals surface area contributed by atoms with Crippen LogP contribution >= 0.6 is 11.3 Å². The average Bonchev–Trinajstić information content (AvgIpc) is 2.77. The third-order valence-corrected chi connectivity index (χ3v) is 3.29. The van der Waals surface area contributed by atoms with Crippen molar-refractivity contribution in [2.24, 2.45) is 5.73 Å². The van der Waals surface area contributed by atoms with Gasteiger partial charge in [-0.2, -0.15) is 0 Å². The van der Waals surface area contributed by atoms with Gasteiger partial charge in [0.1, 0.15) is 5.51 Å². The molecule has 0 aromatic carbocycles. The highest BCUT2D eigenvalue weighted by Gasteiger charge is 2.32. The van der Waals surface area contributed by atoms with Crippen LogP contribution in [0.4, 0.5) is 5.13 Å². The van der Waals surface area contributed by atoms with E-state index < -0.39 is 0 Å². The Kier molecular flexibility index (Phi) is 2.46. The van der Waals surface area contributed by atoms with Crippen molar-refractivity contribution < 1.29 is 0 Å². The molecular weight excluding hydrogens is 184 g/mol. The fraction of sp³-hybridized carbons (Fsp3) is 0.750. The molecule has 0 unspecified atom stereocenters. The van der Waals surface area contributed by atoms with Gasteiger partial charge in [0, 0.05) is 6.54 Å². The summed E-state index contributed by atoms with van der Waals surface area (Å²) in [6.07, 6.45) is 4.85. The van der Waals surface area contributed by atoms with Crippen molar-refractivity contribution in [1.82, 2.24) is 10.2 Å². The minimum atomic E-state index is 0.0968. The number of aromatic nitrogens is 2. The van der Waals surface area contributed by atoms with Crippen LogP contribution in [0.3, 0.4) is 0 Å². The van der Waals surface area contributed by atoms with Gasteiger partial charge in [-0.3, -0.25) is 0 Å². The maximum absolute atomic E-state index is 5.78. The lowest BCUT2D eigenvalue weighted by Crippen LogP contribution is -2.42. The van der Waals surface area contributed by atoms with E-state index in [1.54, 1.807) is 5.51 Å². The topological polar surface area (TPSA) is 63.8 Å². The molecule has 72 valence electrons. The molecule has 1 fully saturated rings. The Labute approximate surface area is 81.6 Å². The molecule has 2 rings (SSSR count). The lowest BCUT2D eigenvalue weighted by atomic mass is 9.98. The first-order valence-electron chi connectivity index (χ1n) is 4.59. The number of nitrogens with two attached hydrogens (primary N) is 1. The van der Waals surface area contributed by atoms with E-state index in [0.29, 0.717) is 6.54 Å². The molecule has 0 spiro atoms. The van der Waals surface area contributed by atoms with Gasteiger partial charge in [0.25, 0.3) is 0 Å². The van der Waals surface area contributed by atoms with Crippen LogP contribution in [0.2, 0.25) is 0 Å². The molecule has 1 aliphatic rings. The molecule has 3 N–H and O–H groups in total. The van der Waals surface area contributed by atoms with Crippen LogP contribution in [0.1, 0.15) is 25.7 Å². The predicted octanol–water partition coefficient (Wildman–Crippen LogP) is 1.22. The zero-order valence-corrected chi connectivity index (χ0v) is 8.31. The van der Waals surface area contributed by atoms with Crippen LogP contribution in [0.15, 0.2) is 5.51 Å². The van der Waals surface area contributed by atoms with E-state index >= 15 is 0 Å². The molecule has 1 aromatic rings. The summed E-state index contributed by atoms with van der Waals surface area (Å²) in [5.41, 5.74) is 7.61. The van der Waals surface area contributed by atoms with E-state index in [4.69, 9.17) is 5.73 Å². The van der Waals surface area contributed by atoms with Gasteiger partial charge < -0.3 is 11.1 Å². The molecule has 1 aromatic heterocycles. The van der Waals surface area contributed by atoms with Crippen LogP contribution in [-0.2, 0) is 0 Å². The highest BCUT2D eigenvalue weighted by Crippen LogP contribution is 2.32. The Morgan fingerprint density at radius 1 is 1.54 bits per heavy atom. The Bertz CT molecular complexity index is 253. The van der Waals surface area contributed by atoms with Crippen molar-refractivity contribution in [1.29, 1.82) is 0 Å². The van der Waals surface area contributed by atoms with E-state index in [2.05, 4.69) is 15.5 Å². The van der Waals surface area contributed by atoms with Crippen molar-refractivity contribution in [2.75, 3.05) is 11.9 Å². The van der Waals surface area contributed by atoms with Crippen molar-refractivity contribution >= 4 is 16.5 Å². The van der Waals surface area contributed by atoms with E-state index in [-0.39, 0.29) is 5.54 Å². The van der Waals surface area contributed by atoms with Gasteiger partial charge in [-0.1, -0.05) is 24.2 Å². The van der Waals surface area contributed by atoms with Gasteiger partial charge in [0.2, 0.25) is 5.13 Å². The summed E-state index contributed by atoms with van der Waals surface area (Å²) < 4.78 is 0. The molecule has 1 heterocycles. The monoisotopic (exact) mass is 198 g/mol. The first-order valence-corrected chi connectivity index (χ1v) is 5.47. The number of nitrogens with one attached hydrogen (secondary N) is 1. The minimum Gasteiger partial charge on any atom is -0.353 e. The summed E-state index contributed by atoms with van der Waals surface area (Å²) in [6.45, 7) is 0.687. The van der Waals surface area contributed by atoms with Crippen molar-refractivity contribution in [3.05, 3.63) is 5.51 Å². The molecule has 0 amide bonds. The zero-order chi connectivity index (χ0) is 9.15. The molecule has 1 saturated carbocycles. The largest absolute Gasteiger partial charge is 0.353 e. The fourth-order valence-electron chi connectivity index (χ4n) is 1.89. The zero-order valence-electron chi connectivity index (χ0n) is 7.49. The molecule has 0 aliphatic heterocycles. The van der Waals surface area contributed by atoms with Crippen molar-refractivity contribution in [3.63, 3.8) is 0 Å². The van der Waals surface area contributed by atoms with Gasteiger partial charge in [-0.25, -0.2) is 0 Å². The maximum atomic E-state index is 5.78. The third-order valence-electron chi connectivity index (χ3n) is 2.68. The Balaban J connectivity index is 2.06.